The highest BCUT2D eigenvalue weighted by Gasteiger charge is 2.05. The number of rotatable bonds is 5. The molecule has 0 radical (unpaired) electrons. The molecule has 6 nitrogen and oxygen atoms in total. The van der Waals surface area contributed by atoms with Crippen molar-refractivity contribution >= 4 is 22.5 Å². The molecule has 0 saturated heterocycles. The van der Waals surface area contributed by atoms with Crippen molar-refractivity contribution in [3.05, 3.63) is 60.3 Å². The average molecular weight is 333 g/mol. The molecule has 0 aliphatic rings. The van der Waals surface area contributed by atoms with Gasteiger partial charge in [-0.25, -0.2) is 0 Å². The minimum absolute atomic E-state index is 0.436. The summed E-state index contributed by atoms with van der Waals surface area (Å²) in [5.74, 6) is 1.26. The highest BCUT2D eigenvalue weighted by molar-refractivity contribution is 5.94. The summed E-state index contributed by atoms with van der Waals surface area (Å²) >= 11 is 0. The minimum Gasteiger partial charge on any atom is -0.497 e. The van der Waals surface area contributed by atoms with Gasteiger partial charge in [0.1, 0.15) is 5.75 Å². The first kappa shape index (κ1) is 16.4. The number of H-pyrrole nitrogens is 1. The van der Waals surface area contributed by atoms with Gasteiger partial charge in [0.15, 0.2) is 6.19 Å². The number of aromatic nitrogens is 1. The Labute approximate surface area is 146 Å². The summed E-state index contributed by atoms with van der Waals surface area (Å²) in [5, 5.41) is 15.7. The maximum absolute atomic E-state index is 8.90. The van der Waals surface area contributed by atoms with E-state index >= 15 is 0 Å². The quantitative estimate of drug-likeness (QED) is 0.289. The van der Waals surface area contributed by atoms with E-state index < -0.39 is 0 Å². The zero-order valence-corrected chi connectivity index (χ0v) is 13.9. The SMILES string of the molecule is COc1ccc2[nH]cc(CCN=C(NC#N)Nc3ccccc3)c2c1. The Morgan fingerprint density at radius 2 is 2.08 bits per heavy atom. The predicted molar refractivity (Wildman–Crippen MR) is 99.7 cm³/mol. The number of methoxy groups -OCH3 is 1. The second kappa shape index (κ2) is 7.88. The number of guanidine groups is 1. The van der Waals surface area contributed by atoms with Crippen molar-refractivity contribution in [2.75, 3.05) is 19.0 Å². The summed E-state index contributed by atoms with van der Waals surface area (Å²) in [4.78, 5) is 7.71. The number of hydrogen-bond donors (Lipinski definition) is 3. The Kier molecular flexibility index (Phi) is 5.17. The number of aromatic amines is 1. The molecule has 1 aromatic heterocycles. The van der Waals surface area contributed by atoms with E-state index in [0.29, 0.717) is 12.5 Å². The van der Waals surface area contributed by atoms with Crippen LogP contribution in [0.3, 0.4) is 0 Å². The molecule has 3 aromatic rings. The zero-order valence-electron chi connectivity index (χ0n) is 13.9. The van der Waals surface area contributed by atoms with Crippen molar-refractivity contribution in [1.29, 1.82) is 5.26 Å². The van der Waals surface area contributed by atoms with Crippen LogP contribution in [0.5, 0.6) is 5.75 Å². The summed E-state index contributed by atoms with van der Waals surface area (Å²) in [6, 6.07) is 15.6. The van der Waals surface area contributed by atoms with Gasteiger partial charge in [0.2, 0.25) is 5.96 Å². The number of hydrogen-bond acceptors (Lipinski definition) is 3. The molecule has 25 heavy (non-hydrogen) atoms. The van der Waals surface area contributed by atoms with Crippen molar-refractivity contribution in [3.63, 3.8) is 0 Å². The fraction of sp³-hybridized carbons (Fsp3) is 0.158. The predicted octanol–water partition coefficient (Wildman–Crippen LogP) is 3.26. The second-order valence-corrected chi connectivity index (χ2v) is 5.43. The molecule has 2 aromatic carbocycles. The molecule has 0 bridgehead atoms. The van der Waals surface area contributed by atoms with E-state index in [1.165, 1.54) is 0 Å². The lowest BCUT2D eigenvalue weighted by Gasteiger charge is -2.07. The van der Waals surface area contributed by atoms with Crippen LogP contribution in [0.4, 0.5) is 5.69 Å². The van der Waals surface area contributed by atoms with Crippen LogP contribution in [-0.4, -0.2) is 24.6 Å². The van der Waals surface area contributed by atoms with Gasteiger partial charge >= 0.3 is 0 Å². The van der Waals surface area contributed by atoms with Gasteiger partial charge in [-0.1, -0.05) is 18.2 Å². The molecular formula is C19H19N5O. The molecule has 0 saturated carbocycles. The molecule has 0 amide bonds. The summed E-state index contributed by atoms with van der Waals surface area (Å²) < 4.78 is 5.29. The van der Waals surface area contributed by atoms with Crippen molar-refractivity contribution in [2.45, 2.75) is 6.42 Å². The van der Waals surface area contributed by atoms with E-state index in [9.17, 15) is 0 Å². The first-order valence-electron chi connectivity index (χ1n) is 7.96. The number of ether oxygens (including phenoxy) is 1. The van der Waals surface area contributed by atoms with Crippen LogP contribution in [0.1, 0.15) is 5.56 Å². The van der Waals surface area contributed by atoms with Gasteiger partial charge in [-0.2, -0.15) is 5.26 Å². The number of aliphatic imine (C=N–C) groups is 1. The van der Waals surface area contributed by atoms with Gasteiger partial charge in [0.25, 0.3) is 0 Å². The van der Waals surface area contributed by atoms with E-state index in [1.807, 2.05) is 60.9 Å². The van der Waals surface area contributed by atoms with E-state index in [0.717, 1.165) is 34.3 Å². The van der Waals surface area contributed by atoms with Gasteiger partial charge in [0, 0.05) is 29.3 Å². The first-order chi connectivity index (χ1) is 12.3. The maximum Gasteiger partial charge on any atom is 0.209 e. The largest absolute Gasteiger partial charge is 0.497 e. The Morgan fingerprint density at radius 3 is 2.84 bits per heavy atom. The van der Waals surface area contributed by atoms with Crippen LogP contribution in [0.15, 0.2) is 59.7 Å². The van der Waals surface area contributed by atoms with Crippen LogP contribution in [0, 0.1) is 11.5 Å². The molecular weight excluding hydrogens is 314 g/mol. The van der Waals surface area contributed by atoms with Crippen molar-refractivity contribution in [1.82, 2.24) is 10.3 Å². The number of nitrogens with one attached hydrogen (secondary N) is 3. The lowest BCUT2D eigenvalue weighted by atomic mass is 10.1. The smallest absolute Gasteiger partial charge is 0.209 e. The summed E-state index contributed by atoms with van der Waals surface area (Å²) in [7, 11) is 1.66. The standard InChI is InChI=1S/C19H19N5O/c1-25-16-7-8-18-17(11-16)14(12-22-18)9-10-21-19(23-13-20)24-15-5-3-2-4-6-15/h2-8,11-12,22H,9-10H2,1H3,(H2,21,23,24). The Hall–Kier alpha value is -3.46. The number of anilines is 1. The number of benzene rings is 2. The first-order valence-corrected chi connectivity index (χ1v) is 7.96. The van der Waals surface area contributed by atoms with E-state index in [-0.39, 0.29) is 0 Å². The Morgan fingerprint density at radius 1 is 1.24 bits per heavy atom. The molecule has 0 aliphatic heterocycles. The monoisotopic (exact) mass is 333 g/mol. The average Bonchev–Trinajstić information content (AvgIpc) is 3.05. The molecule has 6 heteroatoms. The fourth-order valence-electron chi connectivity index (χ4n) is 2.60. The van der Waals surface area contributed by atoms with E-state index in [1.54, 1.807) is 7.11 Å². The molecule has 0 spiro atoms. The minimum atomic E-state index is 0.436. The van der Waals surface area contributed by atoms with E-state index in [2.05, 4.69) is 20.6 Å². The highest BCUT2D eigenvalue weighted by atomic mass is 16.5. The van der Waals surface area contributed by atoms with E-state index in [4.69, 9.17) is 10.00 Å². The third kappa shape index (κ3) is 4.09. The molecule has 3 rings (SSSR count). The van der Waals surface area contributed by atoms with Crippen LogP contribution in [0.2, 0.25) is 0 Å². The molecule has 0 aliphatic carbocycles. The molecule has 0 fully saturated rings. The summed E-state index contributed by atoms with van der Waals surface area (Å²) in [6.45, 7) is 0.550. The molecule has 126 valence electrons. The lowest BCUT2D eigenvalue weighted by Crippen LogP contribution is -2.27. The number of nitriles is 1. The third-order valence-electron chi connectivity index (χ3n) is 3.84. The van der Waals surface area contributed by atoms with Gasteiger partial charge < -0.3 is 15.0 Å². The maximum atomic E-state index is 8.90. The Bertz CT molecular complexity index is 908. The normalized spacial score (nSPS) is 11.1. The number of nitrogens with zero attached hydrogens (tertiary/aromatic N) is 2. The second-order valence-electron chi connectivity index (χ2n) is 5.43. The van der Waals surface area contributed by atoms with Crippen molar-refractivity contribution < 1.29 is 4.74 Å². The van der Waals surface area contributed by atoms with Crippen LogP contribution >= 0.6 is 0 Å². The third-order valence-corrected chi connectivity index (χ3v) is 3.84. The van der Waals surface area contributed by atoms with Crippen LogP contribution in [-0.2, 0) is 6.42 Å². The van der Waals surface area contributed by atoms with Crippen LogP contribution in [0.25, 0.3) is 10.9 Å². The highest BCUT2D eigenvalue weighted by Crippen LogP contribution is 2.23. The summed E-state index contributed by atoms with van der Waals surface area (Å²) in [5.41, 5.74) is 3.10. The molecule has 3 N–H and O–H groups in total. The fourth-order valence-corrected chi connectivity index (χ4v) is 2.60. The van der Waals surface area contributed by atoms with Gasteiger partial charge in [-0.3, -0.25) is 10.3 Å². The lowest BCUT2D eigenvalue weighted by molar-refractivity contribution is 0.415. The van der Waals surface area contributed by atoms with Crippen molar-refractivity contribution in [3.8, 4) is 11.9 Å². The summed E-state index contributed by atoms with van der Waals surface area (Å²) in [6.07, 6.45) is 4.65. The number of para-hydroxylation sites is 1. The molecule has 0 unspecified atom stereocenters. The molecule has 0 atom stereocenters. The van der Waals surface area contributed by atoms with Crippen LogP contribution < -0.4 is 15.4 Å². The molecule has 1 heterocycles. The topological polar surface area (TPSA) is 85.2 Å². The van der Waals surface area contributed by atoms with Gasteiger partial charge in [0.05, 0.1) is 7.11 Å². The number of fused-ring (bicyclic) bond motifs is 1. The van der Waals surface area contributed by atoms with Gasteiger partial charge in [-0.15, -0.1) is 0 Å². The zero-order chi connectivity index (χ0) is 17.5. The van der Waals surface area contributed by atoms with Crippen molar-refractivity contribution in [2.24, 2.45) is 4.99 Å². The van der Waals surface area contributed by atoms with Gasteiger partial charge in [-0.05, 0) is 42.3 Å². The Balaban J connectivity index is 1.71.